The number of hydrogen-bond donors (Lipinski definition) is 1. The number of esters is 1. The van der Waals surface area contributed by atoms with E-state index < -0.39 is 11.6 Å². The maximum absolute atomic E-state index is 13.8. The number of anilines is 1. The van der Waals surface area contributed by atoms with Gasteiger partial charge in [-0.1, -0.05) is 0 Å². The van der Waals surface area contributed by atoms with Crippen LogP contribution in [0.15, 0.2) is 24.4 Å². The number of halogens is 2. The highest BCUT2D eigenvalue weighted by molar-refractivity contribution is 5.91. The van der Waals surface area contributed by atoms with E-state index in [1.54, 1.807) is 6.07 Å². The van der Waals surface area contributed by atoms with E-state index >= 15 is 0 Å². The Kier molecular flexibility index (Phi) is 3.92. The molecule has 1 N–H and O–H groups in total. The van der Waals surface area contributed by atoms with Crippen molar-refractivity contribution in [3.05, 3.63) is 36.0 Å². The standard InChI is InChI=1S/C16H16F2N2O2/c1-22-16(21)9-2-3-11(6-9)20-14-4-5-19-15-12(14)7-10(17)8-13(15)18/h4-5,7-9,11H,2-3,6H2,1H3,(H,19,20)/t9-,11+/m0/s1. The Balaban J connectivity index is 1.85. The number of aromatic nitrogens is 1. The molecule has 0 radical (unpaired) electrons. The smallest absolute Gasteiger partial charge is 0.308 e. The average molecular weight is 306 g/mol. The number of rotatable bonds is 3. The molecule has 1 heterocycles. The Morgan fingerprint density at radius 2 is 2.18 bits per heavy atom. The molecule has 1 aromatic heterocycles. The number of benzene rings is 1. The zero-order valence-corrected chi connectivity index (χ0v) is 12.1. The van der Waals surface area contributed by atoms with E-state index in [9.17, 15) is 13.6 Å². The molecule has 22 heavy (non-hydrogen) atoms. The Labute approximate surface area is 126 Å². The maximum atomic E-state index is 13.8. The van der Waals surface area contributed by atoms with Crippen LogP contribution in [0.1, 0.15) is 19.3 Å². The van der Waals surface area contributed by atoms with Gasteiger partial charge in [-0.15, -0.1) is 0 Å². The second-order valence-corrected chi connectivity index (χ2v) is 5.52. The summed E-state index contributed by atoms with van der Waals surface area (Å²) in [6.07, 6.45) is 3.68. The molecule has 1 aliphatic rings. The summed E-state index contributed by atoms with van der Waals surface area (Å²) in [5, 5.41) is 3.67. The summed E-state index contributed by atoms with van der Waals surface area (Å²) in [6, 6.07) is 3.84. The van der Waals surface area contributed by atoms with Gasteiger partial charge in [-0.3, -0.25) is 9.78 Å². The summed E-state index contributed by atoms with van der Waals surface area (Å²) >= 11 is 0. The van der Waals surface area contributed by atoms with Gasteiger partial charge in [-0.05, 0) is 31.4 Å². The van der Waals surface area contributed by atoms with E-state index in [0.717, 1.165) is 18.9 Å². The van der Waals surface area contributed by atoms with Crippen LogP contribution in [0.5, 0.6) is 0 Å². The highest BCUT2D eigenvalue weighted by atomic mass is 19.1. The van der Waals surface area contributed by atoms with Crippen LogP contribution < -0.4 is 5.32 Å². The van der Waals surface area contributed by atoms with Crippen LogP contribution in [-0.2, 0) is 9.53 Å². The minimum absolute atomic E-state index is 0.0704. The fourth-order valence-corrected chi connectivity index (χ4v) is 3.02. The van der Waals surface area contributed by atoms with Crippen LogP contribution in [0.25, 0.3) is 10.9 Å². The lowest BCUT2D eigenvalue weighted by Gasteiger charge is -2.16. The first-order chi connectivity index (χ1) is 10.6. The van der Waals surface area contributed by atoms with Crippen LogP contribution in [-0.4, -0.2) is 24.1 Å². The fraction of sp³-hybridized carbons (Fsp3) is 0.375. The van der Waals surface area contributed by atoms with E-state index in [1.807, 2.05) is 0 Å². The van der Waals surface area contributed by atoms with Crippen LogP contribution in [0.3, 0.4) is 0 Å². The highest BCUT2D eigenvalue weighted by Gasteiger charge is 2.30. The van der Waals surface area contributed by atoms with Crippen molar-refractivity contribution in [2.45, 2.75) is 25.3 Å². The lowest BCUT2D eigenvalue weighted by molar-refractivity contribution is -0.145. The van der Waals surface area contributed by atoms with Crippen molar-refractivity contribution >= 4 is 22.6 Å². The molecule has 0 bridgehead atoms. The maximum Gasteiger partial charge on any atom is 0.308 e. The van der Waals surface area contributed by atoms with Crippen molar-refractivity contribution in [1.82, 2.24) is 4.98 Å². The Hall–Kier alpha value is -2.24. The number of hydrogen-bond acceptors (Lipinski definition) is 4. The number of nitrogens with zero attached hydrogens (tertiary/aromatic N) is 1. The van der Waals surface area contributed by atoms with Crippen molar-refractivity contribution < 1.29 is 18.3 Å². The van der Waals surface area contributed by atoms with Gasteiger partial charge in [0.1, 0.15) is 11.3 Å². The molecule has 1 aromatic carbocycles. The molecule has 6 heteroatoms. The van der Waals surface area contributed by atoms with Crippen LogP contribution in [0, 0.1) is 17.6 Å². The Morgan fingerprint density at radius 1 is 1.36 bits per heavy atom. The second kappa shape index (κ2) is 5.87. The summed E-state index contributed by atoms with van der Waals surface area (Å²) in [5.74, 6) is -1.65. The van der Waals surface area contributed by atoms with Gasteiger partial charge in [-0.25, -0.2) is 8.78 Å². The predicted octanol–water partition coefficient (Wildman–Crippen LogP) is 3.27. The minimum atomic E-state index is -0.683. The zero-order chi connectivity index (χ0) is 15.7. The lowest BCUT2D eigenvalue weighted by atomic mass is 10.1. The van der Waals surface area contributed by atoms with Crippen LogP contribution in [0.2, 0.25) is 0 Å². The monoisotopic (exact) mass is 306 g/mol. The Morgan fingerprint density at radius 3 is 2.95 bits per heavy atom. The number of ether oxygens (including phenoxy) is 1. The predicted molar refractivity (Wildman–Crippen MR) is 78.4 cm³/mol. The molecule has 0 aliphatic heterocycles. The molecular weight excluding hydrogens is 290 g/mol. The quantitative estimate of drug-likeness (QED) is 0.884. The van der Waals surface area contributed by atoms with Gasteiger partial charge >= 0.3 is 5.97 Å². The van der Waals surface area contributed by atoms with Crippen molar-refractivity contribution in [1.29, 1.82) is 0 Å². The van der Waals surface area contributed by atoms with Gasteiger partial charge in [0.05, 0.1) is 13.0 Å². The van der Waals surface area contributed by atoms with Gasteiger partial charge in [0.2, 0.25) is 0 Å². The van der Waals surface area contributed by atoms with E-state index in [4.69, 9.17) is 4.74 Å². The second-order valence-electron chi connectivity index (χ2n) is 5.52. The largest absolute Gasteiger partial charge is 0.469 e. The molecule has 0 amide bonds. The molecular formula is C16H16F2N2O2. The molecule has 3 rings (SSSR count). The third-order valence-corrected chi connectivity index (χ3v) is 4.09. The molecule has 1 saturated carbocycles. The molecule has 0 saturated heterocycles. The first-order valence-corrected chi connectivity index (χ1v) is 7.16. The van der Waals surface area contributed by atoms with Gasteiger partial charge in [0.15, 0.2) is 5.82 Å². The normalized spacial score (nSPS) is 21.0. The first kappa shape index (κ1) is 14.7. The summed E-state index contributed by atoms with van der Waals surface area (Å²) < 4.78 is 32.0. The van der Waals surface area contributed by atoms with Gasteiger partial charge < -0.3 is 10.1 Å². The van der Waals surface area contributed by atoms with Crippen molar-refractivity contribution in [2.24, 2.45) is 5.92 Å². The van der Waals surface area contributed by atoms with Crippen LogP contribution >= 0.6 is 0 Å². The van der Waals surface area contributed by atoms with Gasteiger partial charge in [0.25, 0.3) is 0 Å². The van der Waals surface area contributed by atoms with E-state index in [0.29, 0.717) is 17.5 Å². The molecule has 0 unspecified atom stereocenters. The van der Waals surface area contributed by atoms with E-state index in [1.165, 1.54) is 19.4 Å². The number of carbonyl (C=O) groups is 1. The summed E-state index contributed by atoms with van der Waals surface area (Å²) in [5.41, 5.74) is 0.757. The number of carbonyl (C=O) groups excluding carboxylic acids is 1. The molecule has 1 fully saturated rings. The van der Waals surface area contributed by atoms with Crippen LogP contribution in [0.4, 0.5) is 14.5 Å². The first-order valence-electron chi connectivity index (χ1n) is 7.16. The van der Waals surface area contributed by atoms with Gasteiger partial charge in [-0.2, -0.15) is 0 Å². The summed E-state index contributed by atoms with van der Waals surface area (Å²) in [7, 11) is 1.38. The fourth-order valence-electron chi connectivity index (χ4n) is 3.02. The molecule has 2 aromatic rings. The average Bonchev–Trinajstić information content (AvgIpc) is 2.96. The molecule has 0 spiro atoms. The lowest BCUT2D eigenvalue weighted by Crippen LogP contribution is -2.19. The number of fused-ring (bicyclic) bond motifs is 1. The van der Waals surface area contributed by atoms with Crippen molar-refractivity contribution in [3.8, 4) is 0 Å². The third kappa shape index (κ3) is 2.73. The van der Waals surface area contributed by atoms with Gasteiger partial charge in [0, 0.05) is 29.4 Å². The molecule has 4 nitrogen and oxygen atoms in total. The number of methoxy groups -OCH3 is 1. The molecule has 1 aliphatic carbocycles. The topological polar surface area (TPSA) is 51.2 Å². The Bertz CT molecular complexity index is 721. The van der Waals surface area contributed by atoms with Crippen molar-refractivity contribution in [2.75, 3.05) is 12.4 Å². The third-order valence-electron chi connectivity index (χ3n) is 4.09. The van der Waals surface area contributed by atoms with Crippen molar-refractivity contribution in [3.63, 3.8) is 0 Å². The summed E-state index contributed by atoms with van der Waals surface area (Å²) in [6.45, 7) is 0. The van der Waals surface area contributed by atoms with E-state index in [-0.39, 0.29) is 23.4 Å². The zero-order valence-electron chi connectivity index (χ0n) is 12.1. The number of nitrogens with one attached hydrogen (secondary N) is 1. The van der Waals surface area contributed by atoms with E-state index in [2.05, 4.69) is 10.3 Å². The highest BCUT2D eigenvalue weighted by Crippen LogP contribution is 2.31. The molecule has 116 valence electrons. The SMILES string of the molecule is COC(=O)[C@H]1CC[C@@H](Nc2ccnc3c(F)cc(F)cc23)C1. The minimum Gasteiger partial charge on any atom is -0.469 e. The number of pyridine rings is 1. The summed E-state index contributed by atoms with van der Waals surface area (Å²) in [4.78, 5) is 15.5. The molecule has 2 atom stereocenters.